The van der Waals surface area contributed by atoms with E-state index in [0.717, 1.165) is 37.3 Å². The molecule has 1 atom stereocenters. The predicted molar refractivity (Wildman–Crippen MR) is 132 cm³/mol. The molecular weight excluding hydrogens is 468 g/mol. The Hall–Kier alpha value is -1.24. The molecule has 0 aromatic rings. The first kappa shape index (κ1) is 34.9. The van der Waals surface area contributed by atoms with Crippen molar-refractivity contribution in [3.05, 3.63) is 25.3 Å². The van der Waals surface area contributed by atoms with E-state index in [1.807, 2.05) is 13.8 Å². The average Bonchev–Trinajstić information content (AvgIpc) is 2.78. The summed E-state index contributed by atoms with van der Waals surface area (Å²) in [5, 5.41) is 9.91. The number of carboxylic acids is 1. The van der Waals surface area contributed by atoms with Gasteiger partial charge in [0.2, 0.25) is 0 Å². The van der Waals surface area contributed by atoms with Gasteiger partial charge in [0.05, 0.1) is 0 Å². The molecule has 0 aliphatic carbocycles. The fourth-order valence-electron chi connectivity index (χ4n) is 4.56. The van der Waals surface area contributed by atoms with Gasteiger partial charge in [-0.05, 0) is 36.3 Å². The number of aliphatic carboxylic acids is 1. The van der Waals surface area contributed by atoms with E-state index in [2.05, 4.69) is 27.0 Å². The fraction of sp³-hybridized carbons (Fsp3) is 0.741. The first-order valence-corrected chi connectivity index (χ1v) is 14.0. The summed E-state index contributed by atoms with van der Waals surface area (Å²) in [6.45, 7) is 15.2. The second-order valence-electron chi connectivity index (χ2n) is 9.70. The Morgan fingerprint density at radius 2 is 1.09 bits per heavy atom. The number of carbonyl (C=O) groups is 3. The third kappa shape index (κ3) is 13.0. The molecule has 6 nitrogen and oxygen atoms in total. The van der Waals surface area contributed by atoms with E-state index in [1.54, 1.807) is 0 Å². The van der Waals surface area contributed by atoms with E-state index in [4.69, 9.17) is 7.01 Å². The molecule has 0 aliphatic heterocycles. The molecule has 7 heteroatoms. The third-order valence-electron chi connectivity index (χ3n) is 6.39. The van der Waals surface area contributed by atoms with Crippen LogP contribution in [0.5, 0.6) is 0 Å². The summed E-state index contributed by atoms with van der Waals surface area (Å²) in [6, 6.07) is 0. The van der Waals surface area contributed by atoms with Crippen molar-refractivity contribution in [3.63, 3.8) is 0 Å². The average molecular weight is 516 g/mol. The Kier molecular flexibility index (Phi) is 21.7. The van der Waals surface area contributed by atoms with Crippen molar-refractivity contribution >= 4 is 17.5 Å². The van der Waals surface area contributed by atoms with E-state index in [1.165, 1.54) is 51.4 Å². The molecule has 0 fully saturated rings. The third-order valence-corrected chi connectivity index (χ3v) is 6.39. The van der Waals surface area contributed by atoms with Crippen molar-refractivity contribution in [2.75, 3.05) is 0 Å². The van der Waals surface area contributed by atoms with Gasteiger partial charge in [-0.25, -0.2) is 0 Å². The molecule has 195 valence electrons. The molecule has 0 aromatic carbocycles. The molecular formula is C27H47O6Ti. The standard InChI is InChI=1S/C27H46O4.H2O.O.Ti/c1-7-24(28)27(26(30)31,25(29)8-2)23(22(5)6)20-18-16-14-12-10-9-11-13-15-17-19-21(3)4;;;/h7-8,21-23H,1-2,9-20H2,3-6H3,(H,30,31);1H2;;/q;;;+1/p-1. The molecule has 0 aliphatic rings. The summed E-state index contributed by atoms with van der Waals surface area (Å²) in [5.41, 5.74) is -2.10. The van der Waals surface area contributed by atoms with Crippen LogP contribution in [0.1, 0.15) is 105 Å². The molecule has 0 bridgehead atoms. The van der Waals surface area contributed by atoms with E-state index < -0.39 is 48.4 Å². The quantitative estimate of drug-likeness (QED) is 0.0829. The van der Waals surface area contributed by atoms with E-state index in [-0.39, 0.29) is 5.92 Å². The van der Waals surface area contributed by atoms with Gasteiger partial charge < -0.3 is 5.11 Å². The zero-order valence-electron chi connectivity index (χ0n) is 21.8. The number of rotatable bonds is 20. The van der Waals surface area contributed by atoms with Gasteiger partial charge in [-0.1, -0.05) is 111 Å². The zero-order chi connectivity index (χ0) is 26.6. The molecule has 0 spiro atoms. The van der Waals surface area contributed by atoms with Crippen LogP contribution in [0.2, 0.25) is 0 Å². The SMILES string of the molecule is C=CC(=O)C(C(=O)O)(C(=O)C=C)C(CCCCCCCCCCCCC(C)C)C(C)C.[O]=[Ti][OH]. The van der Waals surface area contributed by atoms with Crippen LogP contribution in [-0.2, 0) is 37.2 Å². The predicted octanol–water partition coefficient (Wildman–Crippen LogP) is 6.50. The Labute approximate surface area is 216 Å². The van der Waals surface area contributed by atoms with Gasteiger partial charge in [0.1, 0.15) is 0 Å². The van der Waals surface area contributed by atoms with E-state index in [0.29, 0.717) is 6.42 Å². The number of ketones is 2. The second kappa shape index (κ2) is 21.1. The number of carbonyl (C=O) groups excluding carboxylic acids is 2. The number of carboxylic acid groups (broad SMARTS) is 1. The van der Waals surface area contributed by atoms with Gasteiger partial charge in [-0.15, -0.1) is 0 Å². The molecule has 0 heterocycles. The molecule has 1 unspecified atom stereocenters. The number of hydrogen-bond donors (Lipinski definition) is 2. The monoisotopic (exact) mass is 515 g/mol. The van der Waals surface area contributed by atoms with Gasteiger partial charge in [0.25, 0.3) is 0 Å². The van der Waals surface area contributed by atoms with Crippen LogP contribution in [0.15, 0.2) is 25.3 Å². The normalized spacial score (nSPS) is 11.9. The van der Waals surface area contributed by atoms with Crippen LogP contribution in [0.3, 0.4) is 0 Å². The molecule has 34 heavy (non-hydrogen) atoms. The van der Waals surface area contributed by atoms with Gasteiger partial charge in [0, 0.05) is 0 Å². The molecule has 0 rings (SSSR count). The minimum absolute atomic E-state index is 0.125. The molecule has 0 aromatic heterocycles. The number of hydrogen-bond acceptors (Lipinski definition) is 4. The Balaban J connectivity index is 0. The van der Waals surface area contributed by atoms with Crippen LogP contribution in [0, 0.1) is 23.2 Å². The van der Waals surface area contributed by atoms with Crippen molar-refractivity contribution < 1.29 is 46.0 Å². The van der Waals surface area contributed by atoms with Crippen LogP contribution in [-0.4, -0.2) is 26.3 Å². The van der Waals surface area contributed by atoms with Crippen LogP contribution in [0.25, 0.3) is 0 Å². The van der Waals surface area contributed by atoms with Crippen molar-refractivity contribution in [1.29, 1.82) is 0 Å². The summed E-state index contributed by atoms with van der Waals surface area (Å²) < 4.78 is 15.8. The van der Waals surface area contributed by atoms with Gasteiger partial charge in [0.15, 0.2) is 17.0 Å². The molecule has 0 radical (unpaired) electrons. The van der Waals surface area contributed by atoms with Crippen LogP contribution >= 0.6 is 0 Å². The first-order valence-electron chi connectivity index (χ1n) is 12.7. The Morgan fingerprint density at radius 1 is 0.765 bits per heavy atom. The van der Waals surface area contributed by atoms with E-state index >= 15 is 0 Å². The zero-order valence-corrected chi connectivity index (χ0v) is 23.4. The topological polar surface area (TPSA) is 109 Å². The van der Waals surface area contributed by atoms with Gasteiger partial charge in [-0.3, -0.25) is 14.4 Å². The minimum atomic E-state index is -2.10. The summed E-state index contributed by atoms with van der Waals surface area (Å²) in [7, 11) is 0. The van der Waals surface area contributed by atoms with Gasteiger partial charge in [-0.2, -0.15) is 0 Å². The molecule has 0 saturated heterocycles. The summed E-state index contributed by atoms with van der Waals surface area (Å²) >= 11 is -1.75. The van der Waals surface area contributed by atoms with Crippen LogP contribution in [0.4, 0.5) is 0 Å². The van der Waals surface area contributed by atoms with Crippen molar-refractivity contribution in [2.24, 2.45) is 23.2 Å². The maximum absolute atomic E-state index is 12.6. The number of unbranched alkanes of at least 4 members (excludes halogenated alkanes) is 9. The summed E-state index contributed by atoms with van der Waals surface area (Å²) in [4.78, 5) is 37.3. The second-order valence-corrected chi connectivity index (χ2v) is 9.98. The molecule has 2 N–H and O–H groups in total. The maximum atomic E-state index is 12.6. The summed E-state index contributed by atoms with van der Waals surface area (Å²) in [6.07, 6.45) is 15.7. The molecule has 0 amide bonds. The number of allylic oxidation sites excluding steroid dienone is 2. The Bertz CT molecular complexity index is 607. The van der Waals surface area contributed by atoms with Gasteiger partial charge >= 0.3 is 32.5 Å². The van der Waals surface area contributed by atoms with Crippen molar-refractivity contribution in [1.82, 2.24) is 0 Å². The summed E-state index contributed by atoms with van der Waals surface area (Å²) in [5.74, 6) is -2.77. The molecule has 0 saturated carbocycles. The van der Waals surface area contributed by atoms with E-state index in [9.17, 15) is 19.5 Å². The van der Waals surface area contributed by atoms with Crippen LogP contribution < -0.4 is 0 Å². The first-order chi connectivity index (χ1) is 16.1. The van der Waals surface area contributed by atoms with Crippen molar-refractivity contribution in [2.45, 2.75) is 105 Å². The van der Waals surface area contributed by atoms with Crippen molar-refractivity contribution in [3.8, 4) is 0 Å². The Morgan fingerprint density at radius 3 is 1.35 bits per heavy atom. The fourth-order valence-corrected chi connectivity index (χ4v) is 4.56.